The summed E-state index contributed by atoms with van der Waals surface area (Å²) in [6.45, 7) is 2.88. The topological polar surface area (TPSA) is 120 Å². The van der Waals surface area contributed by atoms with E-state index in [1.54, 1.807) is 0 Å². The number of aryl methyl sites for hydroxylation is 1. The third-order valence-electron chi connectivity index (χ3n) is 5.94. The van der Waals surface area contributed by atoms with E-state index in [1.165, 1.54) is 29.8 Å². The number of hydrogen-bond donors (Lipinski definition) is 2. The maximum Gasteiger partial charge on any atom is 0.180 e. The van der Waals surface area contributed by atoms with Gasteiger partial charge in [-0.1, -0.05) is 48.5 Å². The van der Waals surface area contributed by atoms with Crippen LogP contribution in [0.25, 0.3) is 33.7 Å². The minimum atomic E-state index is 0. The van der Waals surface area contributed by atoms with Crippen molar-refractivity contribution in [3.63, 3.8) is 0 Å². The lowest BCUT2D eigenvalue weighted by molar-refractivity contribution is 0.740. The van der Waals surface area contributed by atoms with E-state index in [0.29, 0.717) is 11.7 Å². The molecular formula is C24H24N8. The maximum atomic E-state index is 4.95. The fourth-order valence-corrected chi connectivity index (χ4v) is 4.15. The predicted molar refractivity (Wildman–Crippen MR) is 123 cm³/mol. The quantitative estimate of drug-likeness (QED) is 0.423. The second-order valence-electron chi connectivity index (χ2n) is 8.12. The van der Waals surface area contributed by atoms with Crippen molar-refractivity contribution in [2.45, 2.75) is 32.2 Å². The van der Waals surface area contributed by atoms with Crippen LogP contribution in [0.15, 0.2) is 60.8 Å². The van der Waals surface area contributed by atoms with E-state index in [9.17, 15) is 0 Å². The van der Waals surface area contributed by atoms with Crippen LogP contribution < -0.4 is 6.15 Å². The van der Waals surface area contributed by atoms with Gasteiger partial charge in [-0.2, -0.15) is 0 Å². The third kappa shape index (κ3) is 3.44. The molecule has 6 rings (SSSR count). The van der Waals surface area contributed by atoms with Crippen molar-refractivity contribution in [1.82, 2.24) is 41.3 Å². The van der Waals surface area contributed by atoms with E-state index in [4.69, 9.17) is 4.98 Å². The number of nitrogens with one attached hydrogen (secondary N) is 1. The molecule has 0 atom stereocenters. The number of imidazole rings is 1. The number of pyridine rings is 1. The standard InChI is InChI=1S/C24H21N7.H3N/c1-15-12-13-25-24-21(15)26-23(18-10-11-18)31(24)14-16-6-8-17(9-7-16)19-4-2-3-5-20(19)22-27-29-30-28-22;/h2-9,12-13,18H,10-11,14H2,1H3,(H,27,28,29,30);1H3. The number of aromatic amines is 1. The number of H-pyrrole nitrogens is 1. The van der Waals surface area contributed by atoms with Gasteiger partial charge in [-0.25, -0.2) is 15.1 Å². The minimum absolute atomic E-state index is 0. The van der Waals surface area contributed by atoms with Gasteiger partial charge in [0, 0.05) is 17.7 Å². The Morgan fingerprint density at radius 3 is 2.50 bits per heavy atom. The van der Waals surface area contributed by atoms with Crippen LogP contribution in [0, 0.1) is 6.92 Å². The molecule has 160 valence electrons. The summed E-state index contributed by atoms with van der Waals surface area (Å²) in [6.07, 6.45) is 4.31. The minimum Gasteiger partial charge on any atom is -0.344 e. The highest BCUT2D eigenvalue weighted by Crippen LogP contribution is 2.41. The number of hydrogen-bond acceptors (Lipinski definition) is 6. The molecule has 0 radical (unpaired) electrons. The van der Waals surface area contributed by atoms with Crippen LogP contribution in [0.4, 0.5) is 0 Å². The van der Waals surface area contributed by atoms with Gasteiger partial charge in [-0.15, -0.1) is 5.10 Å². The third-order valence-corrected chi connectivity index (χ3v) is 5.94. The molecule has 0 saturated heterocycles. The maximum absolute atomic E-state index is 4.95. The molecule has 1 saturated carbocycles. The van der Waals surface area contributed by atoms with Crippen molar-refractivity contribution in [3.05, 3.63) is 77.7 Å². The number of benzene rings is 2. The van der Waals surface area contributed by atoms with Gasteiger partial charge >= 0.3 is 0 Å². The molecule has 0 bridgehead atoms. The number of fused-ring (bicyclic) bond motifs is 1. The lowest BCUT2D eigenvalue weighted by Crippen LogP contribution is -2.05. The monoisotopic (exact) mass is 424 g/mol. The van der Waals surface area contributed by atoms with Crippen LogP contribution in [0.2, 0.25) is 0 Å². The van der Waals surface area contributed by atoms with Crippen molar-refractivity contribution >= 4 is 11.2 Å². The Labute approximate surface area is 185 Å². The summed E-state index contributed by atoms with van der Waals surface area (Å²) in [5.74, 6) is 2.40. The number of aromatic nitrogens is 7. The summed E-state index contributed by atoms with van der Waals surface area (Å²) in [7, 11) is 0. The van der Waals surface area contributed by atoms with E-state index in [1.807, 2.05) is 30.5 Å². The molecule has 0 amide bonds. The van der Waals surface area contributed by atoms with Gasteiger partial charge < -0.3 is 10.7 Å². The second kappa shape index (κ2) is 7.97. The lowest BCUT2D eigenvalue weighted by Gasteiger charge is -2.11. The molecule has 3 heterocycles. The van der Waals surface area contributed by atoms with E-state index < -0.39 is 0 Å². The van der Waals surface area contributed by atoms with Gasteiger partial charge in [0.1, 0.15) is 11.3 Å². The van der Waals surface area contributed by atoms with Gasteiger partial charge in [0.05, 0.1) is 6.54 Å². The molecule has 1 fully saturated rings. The van der Waals surface area contributed by atoms with Gasteiger partial charge in [0.2, 0.25) is 0 Å². The fourth-order valence-electron chi connectivity index (χ4n) is 4.15. The van der Waals surface area contributed by atoms with Crippen LogP contribution in [-0.4, -0.2) is 35.2 Å². The molecule has 0 unspecified atom stereocenters. The average Bonchev–Trinajstić information content (AvgIpc) is 3.36. The zero-order valence-corrected chi connectivity index (χ0v) is 17.9. The van der Waals surface area contributed by atoms with Crippen LogP contribution in [0.1, 0.15) is 35.7 Å². The average molecular weight is 425 g/mol. The van der Waals surface area contributed by atoms with Crippen LogP contribution in [0.5, 0.6) is 0 Å². The van der Waals surface area contributed by atoms with E-state index in [2.05, 4.69) is 67.4 Å². The first-order chi connectivity index (χ1) is 15.3. The molecule has 8 nitrogen and oxygen atoms in total. The van der Waals surface area contributed by atoms with E-state index >= 15 is 0 Å². The Morgan fingerprint density at radius 1 is 1.00 bits per heavy atom. The van der Waals surface area contributed by atoms with Gasteiger partial charge in [0.25, 0.3) is 0 Å². The number of nitrogens with zero attached hydrogens (tertiary/aromatic N) is 6. The van der Waals surface area contributed by atoms with Gasteiger partial charge in [-0.05, 0) is 58.5 Å². The summed E-state index contributed by atoms with van der Waals surface area (Å²) in [6, 6.07) is 18.9. The summed E-state index contributed by atoms with van der Waals surface area (Å²) in [4.78, 5) is 9.61. The van der Waals surface area contributed by atoms with Gasteiger partial charge in [-0.3, -0.25) is 0 Å². The number of tetrazole rings is 1. The Bertz CT molecular complexity index is 1370. The van der Waals surface area contributed by atoms with Gasteiger partial charge in [0.15, 0.2) is 11.5 Å². The molecule has 1 aliphatic carbocycles. The summed E-state index contributed by atoms with van der Waals surface area (Å²) < 4.78 is 2.29. The second-order valence-corrected chi connectivity index (χ2v) is 8.12. The molecule has 0 spiro atoms. The van der Waals surface area contributed by atoms with E-state index in [-0.39, 0.29) is 6.15 Å². The predicted octanol–water partition coefficient (Wildman–Crippen LogP) is 4.67. The Hall–Kier alpha value is -3.91. The summed E-state index contributed by atoms with van der Waals surface area (Å²) >= 11 is 0. The highest BCUT2D eigenvalue weighted by Gasteiger charge is 2.30. The Balaban J connectivity index is 0.00000216. The SMILES string of the molecule is Cc1ccnc2c1nc(C1CC1)n2Cc1ccc(-c2ccccc2-c2nnn[nH]2)cc1.N. The Morgan fingerprint density at radius 2 is 1.78 bits per heavy atom. The molecule has 3 aromatic heterocycles. The molecule has 0 aliphatic heterocycles. The molecule has 4 N–H and O–H groups in total. The molecule has 32 heavy (non-hydrogen) atoms. The molecule has 8 heteroatoms. The van der Waals surface area contributed by atoms with E-state index in [0.717, 1.165) is 34.4 Å². The highest BCUT2D eigenvalue weighted by molar-refractivity contribution is 5.80. The fraction of sp³-hybridized carbons (Fsp3) is 0.208. The zero-order chi connectivity index (χ0) is 20.8. The lowest BCUT2D eigenvalue weighted by atomic mass is 9.98. The summed E-state index contributed by atoms with van der Waals surface area (Å²) in [5, 5.41) is 14.4. The number of rotatable bonds is 5. The first-order valence-corrected chi connectivity index (χ1v) is 10.5. The largest absolute Gasteiger partial charge is 0.344 e. The van der Waals surface area contributed by atoms with Crippen LogP contribution >= 0.6 is 0 Å². The zero-order valence-electron chi connectivity index (χ0n) is 17.9. The first-order valence-electron chi connectivity index (χ1n) is 10.5. The van der Waals surface area contributed by atoms with Crippen molar-refractivity contribution in [2.75, 3.05) is 0 Å². The van der Waals surface area contributed by atoms with Crippen LogP contribution in [0.3, 0.4) is 0 Å². The smallest absolute Gasteiger partial charge is 0.180 e. The summed E-state index contributed by atoms with van der Waals surface area (Å²) in [5.41, 5.74) is 7.62. The Kier molecular flexibility index (Phi) is 4.99. The first kappa shape index (κ1) is 20.0. The molecule has 5 aromatic rings. The van der Waals surface area contributed by atoms with Crippen molar-refractivity contribution < 1.29 is 0 Å². The molecular weight excluding hydrogens is 400 g/mol. The molecule has 1 aliphatic rings. The molecule has 2 aromatic carbocycles. The highest BCUT2D eigenvalue weighted by atomic mass is 15.5. The van der Waals surface area contributed by atoms with Crippen molar-refractivity contribution in [3.8, 4) is 22.5 Å². The van der Waals surface area contributed by atoms with Crippen LogP contribution in [-0.2, 0) is 6.54 Å². The van der Waals surface area contributed by atoms with Crippen molar-refractivity contribution in [1.29, 1.82) is 0 Å². The van der Waals surface area contributed by atoms with Crippen molar-refractivity contribution in [2.24, 2.45) is 0 Å². The normalized spacial score (nSPS) is 13.3.